The Morgan fingerprint density at radius 1 is 0.931 bits per heavy atom. The summed E-state index contributed by atoms with van der Waals surface area (Å²) in [5.41, 5.74) is 5.50. The molecule has 0 heterocycles. The van der Waals surface area contributed by atoms with Crippen LogP contribution in [0.1, 0.15) is 35.6 Å². The fourth-order valence-electron chi connectivity index (χ4n) is 3.18. The summed E-state index contributed by atoms with van der Waals surface area (Å²) in [6, 6.07) is 26.3. The quantitative estimate of drug-likeness (QED) is 0.277. The van der Waals surface area contributed by atoms with E-state index in [-0.39, 0.29) is 22.2 Å². The third-order valence-electron chi connectivity index (χ3n) is 4.59. The normalized spacial score (nSPS) is 12.7. The monoisotopic (exact) mass is 488 g/mol. The standard InChI is InChI=1S/C15H9Cl.C10H10O2.Ru/c16-14-10-12-8-4-5-9-13(12)15(14)11-6-2-1-3-7-11;1-3-10(11)12-9-7-5-4-6-8(9)2;/h1-9H;2,4-7H,3H2,1H3;. The summed E-state index contributed by atoms with van der Waals surface area (Å²) in [5.74, 6) is 0.369. The number of carbonyl (C=O) groups is 1. The maximum absolute atomic E-state index is 11.7. The molecular weight excluding hydrogens is 469 g/mol. The number of rotatable bonds is 4. The van der Waals surface area contributed by atoms with Crippen LogP contribution in [0.15, 0.2) is 83.9 Å². The van der Waals surface area contributed by atoms with Crippen molar-refractivity contribution in [3.8, 4) is 5.75 Å². The van der Waals surface area contributed by atoms with Crippen LogP contribution in [0.5, 0.6) is 5.75 Å². The number of para-hydroxylation sites is 1. The zero-order chi connectivity index (χ0) is 20.2. The van der Waals surface area contributed by atoms with Crippen molar-refractivity contribution >= 4 is 31.9 Å². The Bertz CT molecular complexity index is 1170. The number of hydrogen-bond donors (Lipinski definition) is 0. The minimum atomic E-state index is -0.326. The first-order valence-corrected chi connectivity index (χ1v) is 11.6. The van der Waals surface area contributed by atoms with Crippen LogP contribution in [-0.4, -0.2) is 14.7 Å². The predicted octanol–water partition coefficient (Wildman–Crippen LogP) is 5.47. The number of benzene rings is 3. The Kier molecular flexibility index (Phi) is 6.09. The number of halogens is 1. The van der Waals surface area contributed by atoms with E-state index in [2.05, 4.69) is 34.9 Å². The number of hydrogen-bond acceptors (Lipinski definition) is 2. The van der Waals surface area contributed by atoms with Crippen LogP contribution in [0.3, 0.4) is 0 Å². The molecule has 0 fully saturated rings. The van der Waals surface area contributed by atoms with Gasteiger partial charge in [0.15, 0.2) is 0 Å². The van der Waals surface area contributed by atoms with E-state index in [4.69, 9.17) is 16.3 Å². The molecule has 3 aromatic carbocycles. The van der Waals surface area contributed by atoms with E-state index in [1.54, 1.807) is 6.92 Å². The summed E-state index contributed by atoms with van der Waals surface area (Å²) in [6.07, 6.45) is 0.349. The number of fused-ring (bicyclic) bond motifs is 1. The average molecular weight is 488 g/mol. The molecule has 0 spiro atoms. The first-order valence-electron chi connectivity index (χ1n) is 9.35. The molecule has 3 aromatic rings. The average Bonchev–Trinajstić information content (AvgIpc) is 3.05. The van der Waals surface area contributed by atoms with E-state index >= 15 is 0 Å². The van der Waals surface area contributed by atoms with Crippen molar-refractivity contribution in [3.05, 3.63) is 106 Å². The molecule has 2 nitrogen and oxygen atoms in total. The molecule has 0 amide bonds. The van der Waals surface area contributed by atoms with Gasteiger partial charge in [-0.2, -0.15) is 0 Å². The van der Waals surface area contributed by atoms with Crippen molar-refractivity contribution in [1.82, 2.24) is 0 Å². The second kappa shape index (κ2) is 8.90. The van der Waals surface area contributed by atoms with Crippen LogP contribution < -0.4 is 4.74 Å². The van der Waals surface area contributed by atoms with Crippen molar-refractivity contribution in [2.45, 2.75) is 13.3 Å². The SMILES string of the molecule is CCC(=O)Oc1ccccc1[CH]=[Ru]=[C]1C(Cl)=C(c2ccccc2)c2ccccc21. The van der Waals surface area contributed by atoms with Gasteiger partial charge in [0.2, 0.25) is 0 Å². The molecule has 146 valence electrons. The number of esters is 1. The molecule has 1 aliphatic rings. The fourth-order valence-corrected chi connectivity index (χ4v) is 5.74. The van der Waals surface area contributed by atoms with Gasteiger partial charge in [0, 0.05) is 0 Å². The Morgan fingerprint density at radius 3 is 2.34 bits per heavy atom. The van der Waals surface area contributed by atoms with Crippen LogP contribution in [0.2, 0.25) is 0 Å². The van der Waals surface area contributed by atoms with Gasteiger partial charge < -0.3 is 0 Å². The van der Waals surface area contributed by atoms with Crippen molar-refractivity contribution in [3.63, 3.8) is 0 Å². The van der Waals surface area contributed by atoms with Gasteiger partial charge in [-0.15, -0.1) is 0 Å². The van der Waals surface area contributed by atoms with Gasteiger partial charge in [0.05, 0.1) is 0 Å². The van der Waals surface area contributed by atoms with Gasteiger partial charge >= 0.3 is 183 Å². The Morgan fingerprint density at radius 2 is 1.59 bits per heavy atom. The predicted molar refractivity (Wildman–Crippen MR) is 116 cm³/mol. The third kappa shape index (κ3) is 4.12. The van der Waals surface area contributed by atoms with E-state index in [0.29, 0.717) is 12.2 Å². The maximum atomic E-state index is 11.7. The molecule has 4 heteroatoms. The molecule has 0 radical (unpaired) electrons. The summed E-state index contributed by atoms with van der Waals surface area (Å²) < 4.78 is 8.82. The van der Waals surface area contributed by atoms with Gasteiger partial charge in [-0.05, 0) is 0 Å². The third-order valence-corrected chi connectivity index (χ3v) is 7.41. The molecule has 0 N–H and O–H groups in total. The second-order valence-electron chi connectivity index (χ2n) is 6.47. The topological polar surface area (TPSA) is 26.3 Å². The van der Waals surface area contributed by atoms with Gasteiger partial charge in [0.25, 0.3) is 0 Å². The van der Waals surface area contributed by atoms with E-state index in [0.717, 1.165) is 21.7 Å². The number of carbonyl (C=O) groups excluding carboxylic acids is 1. The first-order chi connectivity index (χ1) is 14.2. The van der Waals surface area contributed by atoms with Crippen LogP contribution in [0, 0.1) is 0 Å². The molecule has 29 heavy (non-hydrogen) atoms. The summed E-state index contributed by atoms with van der Waals surface area (Å²) in [7, 11) is 0. The van der Waals surface area contributed by atoms with Gasteiger partial charge in [0.1, 0.15) is 0 Å². The van der Waals surface area contributed by atoms with E-state index in [1.165, 1.54) is 15.2 Å². The van der Waals surface area contributed by atoms with E-state index < -0.39 is 0 Å². The number of allylic oxidation sites excluding steroid dienone is 1. The van der Waals surface area contributed by atoms with Crippen molar-refractivity contribution < 1.29 is 25.8 Å². The second-order valence-corrected chi connectivity index (χ2v) is 8.72. The molecule has 0 bridgehead atoms. The summed E-state index contributed by atoms with van der Waals surface area (Å²) >= 11 is 6.59. The zero-order valence-corrected chi connectivity index (χ0v) is 18.3. The Balaban J connectivity index is 1.84. The molecule has 0 aromatic heterocycles. The van der Waals surface area contributed by atoms with Crippen LogP contribution in [0.4, 0.5) is 0 Å². The van der Waals surface area contributed by atoms with Crippen molar-refractivity contribution in [2.75, 3.05) is 0 Å². The van der Waals surface area contributed by atoms with Gasteiger partial charge in [-0.25, -0.2) is 0 Å². The van der Waals surface area contributed by atoms with E-state index in [9.17, 15) is 4.79 Å². The Labute approximate surface area is 182 Å². The zero-order valence-electron chi connectivity index (χ0n) is 15.8. The van der Waals surface area contributed by atoms with Gasteiger partial charge in [-0.1, -0.05) is 0 Å². The molecule has 0 unspecified atom stereocenters. The molecule has 0 aliphatic heterocycles. The van der Waals surface area contributed by atoms with Crippen LogP contribution in [0.25, 0.3) is 5.57 Å². The van der Waals surface area contributed by atoms with Crippen molar-refractivity contribution in [1.29, 1.82) is 0 Å². The van der Waals surface area contributed by atoms with Crippen molar-refractivity contribution in [2.24, 2.45) is 0 Å². The molecule has 1 aliphatic carbocycles. The fraction of sp³-hybridized carbons (Fsp3) is 0.0800. The van der Waals surface area contributed by atoms with Crippen LogP contribution >= 0.6 is 11.6 Å². The van der Waals surface area contributed by atoms with Gasteiger partial charge in [-0.3, -0.25) is 0 Å². The summed E-state index contributed by atoms with van der Waals surface area (Å²) in [6.45, 7) is 1.79. The molecule has 0 atom stereocenters. The van der Waals surface area contributed by atoms with E-state index in [1.807, 2.05) is 48.5 Å². The first kappa shape index (κ1) is 19.8. The Hall–Kier alpha value is -2.48. The summed E-state index contributed by atoms with van der Waals surface area (Å²) in [5, 5.41) is 0.815. The number of ether oxygens (including phenoxy) is 1. The molecular formula is C25H19ClO2Ru. The molecule has 0 saturated heterocycles. The minimum absolute atomic E-state index is 0.232. The molecule has 4 rings (SSSR count). The molecule has 0 saturated carbocycles. The van der Waals surface area contributed by atoms with Crippen LogP contribution in [-0.2, 0) is 21.0 Å². The summed E-state index contributed by atoms with van der Waals surface area (Å²) in [4.78, 5) is 11.7.